The van der Waals surface area contributed by atoms with Gasteiger partial charge in [0.25, 0.3) is 5.24 Å². The maximum Gasteiger partial charge on any atom is 0.257 e. The number of carbonyl (C=O) groups is 1. The Labute approximate surface area is 63.0 Å². The van der Waals surface area contributed by atoms with Crippen LogP contribution in [0.3, 0.4) is 0 Å². The van der Waals surface area contributed by atoms with E-state index in [0.717, 1.165) is 0 Å². The lowest BCUT2D eigenvalue weighted by molar-refractivity contribution is 0.107. The van der Waals surface area contributed by atoms with E-state index in [4.69, 9.17) is 16.1 Å². The van der Waals surface area contributed by atoms with Gasteiger partial charge >= 0.3 is 0 Å². The third-order valence-electron chi connectivity index (χ3n) is 1.18. The Balaban J connectivity index is 3.01. The Morgan fingerprint density at radius 2 is 2.60 bits per heavy atom. The lowest BCUT2D eigenvalue weighted by Crippen LogP contribution is -1.90. The van der Waals surface area contributed by atoms with Crippen LogP contribution in [0.2, 0.25) is 0 Å². The standard InChI is InChI=1S/C6H6ClNO2/c1-2-5-4(6(7)9)3-8-10-5/h3H,2H2,1H3. The average Bonchev–Trinajstić information content (AvgIpc) is 2.33. The number of hydrogen-bond donors (Lipinski definition) is 0. The lowest BCUT2D eigenvalue weighted by atomic mass is 10.2. The first kappa shape index (κ1) is 7.28. The normalized spacial score (nSPS) is 9.80. The summed E-state index contributed by atoms with van der Waals surface area (Å²) < 4.78 is 4.72. The molecule has 0 fully saturated rings. The highest BCUT2D eigenvalue weighted by Crippen LogP contribution is 2.10. The molecule has 0 saturated carbocycles. The van der Waals surface area contributed by atoms with Gasteiger partial charge < -0.3 is 4.52 Å². The van der Waals surface area contributed by atoms with E-state index in [-0.39, 0.29) is 0 Å². The second-order valence-electron chi connectivity index (χ2n) is 1.79. The number of aromatic nitrogens is 1. The molecule has 0 aliphatic carbocycles. The van der Waals surface area contributed by atoms with Gasteiger partial charge in [-0.05, 0) is 11.6 Å². The molecule has 54 valence electrons. The van der Waals surface area contributed by atoms with Crippen LogP contribution in [0.25, 0.3) is 0 Å². The lowest BCUT2D eigenvalue weighted by Gasteiger charge is -1.87. The molecular weight excluding hydrogens is 154 g/mol. The number of carbonyl (C=O) groups excluding carboxylic acids is 1. The Hall–Kier alpha value is -0.830. The van der Waals surface area contributed by atoms with Crippen LogP contribution in [-0.4, -0.2) is 10.4 Å². The second-order valence-corrected chi connectivity index (χ2v) is 2.13. The fourth-order valence-electron chi connectivity index (χ4n) is 0.679. The van der Waals surface area contributed by atoms with Crippen molar-refractivity contribution in [3.63, 3.8) is 0 Å². The molecule has 0 bridgehead atoms. The molecular formula is C6H6ClNO2. The van der Waals surface area contributed by atoms with E-state index >= 15 is 0 Å². The monoisotopic (exact) mass is 159 g/mol. The summed E-state index contributed by atoms with van der Waals surface area (Å²) in [5, 5.41) is 2.92. The van der Waals surface area contributed by atoms with Gasteiger partial charge in [-0.15, -0.1) is 0 Å². The van der Waals surface area contributed by atoms with Gasteiger partial charge in [0.05, 0.1) is 11.8 Å². The molecule has 0 aromatic carbocycles. The molecule has 1 heterocycles. The summed E-state index contributed by atoms with van der Waals surface area (Å²) in [6.45, 7) is 1.86. The highest BCUT2D eigenvalue weighted by molar-refractivity contribution is 6.67. The zero-order valence-corrected chi connectivity index (χ0v) is 6.18. The van der Waals surface area contributed by atoms with Crippen molar-refractivity contribution in [2.24, 2.45) is 0 Å². The third kappa shape index (κ3) is 1.19. The van der Waals surface area contributed by atoms with Crippen molar-refractivity contribution in [2.75, 3.05) is 0 Å². The minimum absolute atomic E-state index is 0.365. The van der Waals surface area contributed by atoms with Crippen molar-refractivity contribution in [3.8, 4) is 0 Å². The van der Waals surface area contributed by atoms with Crippen LogP contribution in [0, 0.1) is 0 Å². The van der Waals surface area contributed by atoms with Crippen LogP contribution in [0.1, 0.15) is 23.0 Å². The maximum atomic E-state index is 10.6. The predicted molar refractivity (Wildman–Crippen MR) is 36.1 cm³/mol. The number of aryl methyl sites for hydroxylation is 1. The Bertz CT molecular complexity index is 244. The van der Waals surface area contributed by atoms with Gasteiger partial charge in [-0.3, -0.25) is 4.79 Å². The summed E-state index contributed by atoms with van der Waals surface area (Å²) in [5.41, 5.74) is 0.365. The number of halogens is 1. The summed E-state index contributed by atoms with van der Waals surface area (Å²) in [4.78, 5) is 10.6. The first-order chi connectivity index (χ1) is 4.75. The zero-order valence-electron chi connectivity index (χ0n) is 5.43. The van der Waals surface area contributed by atoms with E-state index in [9.17, 15) is 4.79 Å². The van der Waals surface area contributed by atoms with Gasteiger partial charge in [-0.1, -0.05) is 12.1 Å². The Morgan fingerprint density at radius 3 is 3.00 bits per heavy atom. The van der Waals surface area contributed by atoms with Crippen molar-refractivity contribution >= 4 is 16.8 Å². The highest BCUT2D eigenvalue weighted by Gasteiger charge is 2.11. The molecule has 10 heavy (non-hydrogen) atoms. The van der Waals surface area contributed by atoms with E-state index < -0.39 is 5.24 Å². The first-order valence-electron chi connectivity index (χ1n) is 2.89. The van der Waals surface area contributed by atoms with Crippen molar-refractivity contribution in [1.29, 1.82) is 0 Å². The number of hydrogen-bond acceptors (Lipinski definition) is 3. The Kier molecular flexibility index (Phi) is 2.06. The minimum Gasteiger partial charge on any atom is -0.361 e. The average molecular weight is 160 g/mol. The van der Waals surface area contributed by atoms with E-state index in [1.165, 1.54) is 6.20 Å². The number of nitrogens with zero attached hydrogens (tertiary/aromatic N) is 1. The van der Waals surface area contributed by atoms with Gasteiger partial charge in [0.15, 0.2) is 0 Å². The zero-order chi connectivity index (χ0) is 7.56. The van der Waals surface area contributed by atoms with Crippen LogP contribution in [-0.2, 0) is 6.42 Å². The highest BCUT2D eigenvalue weighted by atomic mass is 35.5. The molecule has 0 unspecified atom stereocenters. The van der Waals surface area contributed by atoms with Gasteiger partial charge in [0, 0.05) is 6.42 Å². The molecule has 3 nitrogen and oxygen atoms in total. The molecule has 1 aromatic rings. The van der Waals surface area contributed by atoms with Crippen LogP contribution in [0.15, 0.2) is 10.7 Å². The fraction of sp³-hybridized carbons (Fsp3) is 0.333. The van der Waals surface area contributed by atoms with Crippen LogP contribution < -0.4 is 0 Å². The molecule has 0 amide bonds. The smallest absolute Gasteiger partial charge is 0.257 e. The van der Waals surface area contributed by atoms with Crippen LogP contribution >= 0.6 is 11.6 Å². The molecule has 0 radical (unpaired) electrons. The fourth-order valence-corrected chi connectivity index (χ4v) is 0.833. The van der Waals surface area contributed by atoms with Crippen molar-refractivity contribution < 1.29 is 9.32 Å². The second kappa shape index (κ2) is 2.84. The van der Waals surface area contributed by atoms with E-state index in [2.05, 4.69) is 5.16 Å². The van der Waals surface area contributed by atoms with Crippen molar-refractivity contribution in [1.82, 2.24) is 5.16 Å². The van der Waals surface area contributed by atoms with Gasteiger partial charge in [-0.2, -0.15) is 0 Å². The molecule has 0 N–H and O–H groups in total. The summed E-state index contributed by atoms with van der Waals surface area (Å²) in [5.74, 6) is 0.542. The SMILES string of the molecule is CCc1oncc1C(=O)Cl. The van der Waals surface area contributed by atoms with Gasteiger partial charge in [-0.25, -0.2) is 0 Å². The largest absolute Gasteiger partial charge is 0.361 e. The van der Waals surface area contributed by atoms with E-state index in [0.29, 0.717) is 17.7 Å². The summed E-state index contributed by atoms with van der Waals surface area (Å²) in [7, 11) is 0. The quantitative estimate of drug-likeness (QED) is 0.616. The topological polar surface area (TPSA) is 43.1 Å². The van der Waals surface area contributed by atoms with Crippen molar-refractivity contribution in [3.05, 3.63) is 17.5 Å². The van der Waals surface area contributed by atoms with Crippen LogP contribution in [0.5, 0.6) is 0 Å². The molecule has 0 aliphatic rings. The van der Waals surface area contributed by atoms with E-state index in [1.807, 2.05) is 6.92 Å². The van der Waals surface area contributed by atoms with Gasteiger partial charge in [0.1, 0.15) is 5.76 Å². The third-order valence-corrected chi connectivity index (χ3v) is 1.38. The van der Waals surface area contributed by atoms with Crippen molar-refractivity contribution in [2.45, 2.75) is 13.3 Å². The molecule has 0 saturated heterocycles. The first-order valence-corrected chi connectivity index (χ1v) is 3.27. The van der Waals surface area contributed by atoms with Gasteiger partial charge in [0.2, 0.25) is 0 Å². The molecule has 0 spiro atoms. The molecule has 4 heteroatoms. The summed E-state index contributed by atoms with van der Waals surface area (Å²) in [6.07, 6.45) is 1.96. The maximum absolute atomic E-state index is 10.6. The molecule has 1 rings (SSSR count). The molecule has 0 atom stereocenters. The number of rotatable bonds is 2. The predicted octanol–water partition coefficient (Wildman–Crippen LogP) is 1.62. The Morgan fingerprint density at radius 1 is 1.90 bits per heavy atom. The molecule has 0 aliphatic heterocycles. The van der Waals surface area contributed by atoms with E-state index in [1.54, 1.807) is 0 Å². The minimum atomic E-state index is -0.516. The van der Waals surface area contributed by atoms with Crippen LogP contribution in [0.4, 0.5) is 0 Å². The summed E-state index contributed by atoms with van der Waals surface area (Å²) >= 11 is 5.19. The summed E-state index contributed by atoms with van der Waals surface area (Å²) in [6, 6.07) is 0. The molecule has 1 aromatic heterocycles.